The van der Waals surface area contributed by atoms with Crippen LogP contribution in [0.1, 0.15) is 5.56 Å². The second kappa shape index (κ2) is 2.68. The van der Waals surface area contributed by atoms with Crippen LogP contribution in [-0.2, 0) is 0 Å². The van der Waals surface area contributed by atoms with Crippen molar-refractivity contribution in [3.63, 3.8) is 0 Å². The predicted octanol–water partition coefficient (Wildman–Crippen LogP) is 3.20. The van der Waals surface area contributed by atoms with Gasteiger partial charge in [0.1, 0.15) is 5.75 Å². The monoisotopic (exact) mass is 196 g/mol. The number of aryl methyl sites for hydroxylation is 1. The highest BCUT2D eigenvalue weighted by molar-refractivity contribution is 7.83. The van der Waals surface area contributed by atoms with Gasteiger partial charge in [-0.3, -0.25) is 0 Å². The second-order valence-electron chi connectivity index (χ2n) is 2.73. The maximum Gasteiger partial charge on any atom is 0.136 e. The number of benzene rings is 1. The number of fused-ring (bicyclic) bond motifs is 1. The van der Waals surface area contributed by atoms with Crippen LogP contribution in [0.2, 0.25) is 0 Å². The lowest BCUT2D eigenvalue weighted by Gasteiger charge is -1.97. The van der Waals surface area contributed by atoms with Crippen LogP contribution in [0.15, 0.2) is 22.4 Å². The average Bonchev–Trinajstić information content (AvgIpc) is 2.39. The second-order valence-corrected chi connectivity index (χ2v) is 4.57. The Morgan fingerprint density at radius 2 is 2.17 bits per heavy atom. The fraction of sp³-hybridized carbons (Fsp3) is 0.111. The minimum Gasteiger partial charge on any atom is -0.506 e. The standard InChI is InChI=1S/C9H8OS2/c1-5-2-3-6-4-7(11)12-9(6)8(5)10/h2-4,10-11H,1H3. The molecular formula is C9H8OS2. The van der Waals surface area contributed by atoms with E-state index < -0.39 is 0 Å². The van der Waals surface area contributed by atoms with Crippen molar-refractivity contribution in [2.45, 2.75) is 11.1 Å². The van der Waals surface area contributed by atoms with Gasteiger partial charge in [0.15, 0.2) is 0 Å². The predicted molar refractivity (Wildman–Crippen MR) is 55.5 cm³/mol. The summed E-state index contributed by atoms with van der Waals surface area (Å²) in [5.41, 5.74) is 0.915. The van der Waals surface area contributed by atoms with Crippen molar-refractivity contribution in [2.24, 2.45) is 0 Å². The molecule has 1 aromatic carbocycles. The minimum atomic E-state index is 0.387. The number of aromatic hydroxyl groups is 1. The van der Waals surface area contributed by atoms with E-state index >= 15 is 0 Å². The highest BCUT2D eigenvalue weighted by atomic mass is 32.2. The van der Waals surface area contributed by atoms with E-state index in [9.17, 15) is 5.11 Å². The van der Waals surface area contributed by atoms with Gasteiger partial charge in [-0.15, -0.1) is 24.0 Å². The van der Waals surface area contributed by atoms with Crippen molar-refractivity contribution in [1.29, 1.82) is 0 Å². The third kappa shape index (κ3) is 1.09. The van der Waals surface area contributed by atoms with Crippen LogP contribution < -0.4 is 0 Å². The lowest BCUT2D eigenvalue weighted by Crippen LogP contribution is -1.72. The summed E-state index contributed by atoms with van der Waals surface area (Å²) >= 11 is 5.74. The first kappa shape index (κ1) is 7.95. The Kier molecular flexibility index (Phi) is 1.77. The van der Waals surface area contributed by atoms with Gasteiger partial charge in [-0.25, -0.2) is 0 Å². The lowest BCUT2D eigenvalue weighted by atomic mass is 10.2. The number of phenols is 1. The first-order valence-corrected chi connectivity index (χ1v) is 4.86. The molecule has 0 fully saturated rings. The summed E-state index contributed by atoms with van der Waals surface area (Å²) in [6.07, 6.45) is 0. The normalized spacial score (nSPS) is 10.8. The first-order chi connectivity index (χ1) is 5.68. The summed E-state index contributed by atoms with van der Waals surface area (Å²) in [6, 6.07) is 5.88. The summed E-state index contributed by atoms with van der Waals surface area (Å²) in [5.74, 6) is 0.387. The molecule has 1 nitrogen and oxygen atoms in total. The van der Waals surface area contributed by atoms with Gasteiger partial charge in [-0.05, 0) is 23.9 Å². The number of hydrogen-bond acceptors (Lipinski definition) is 3. The molecule has 0 saturated heterocycles. The Morgan fingerprint density at radius 3 is 2.92 bits per heavy atom. The molecule has 2 rings (SSSR count). The van der Waals surface area contributed by atoms with Crippen molar-refractivity contribution in [3.8, 4) is 5.75 Å². The van der Waals surface area contributed by atoms with Crippen LogP contribution in [0.4, 0.5) is 0 Å². The molecule has 0 aliphatic rings. The largest absolute Gasteiger partial charge is 0.506 e. The van der Waals surface area contributed by atoms with E-state index in [-0.39, 0.29) is 0 Å². The summed E-state index contributed by atoms with van der Waals surface area (Å²) in [6.45, 7) is 1.90. The first-order valence-electron chi connectivity index (χ1n) is 3.59. The van der Waals surface area contributed by atoms with Gasteiger partial charge < -0.3 is 5.11 Å². The van der Waals surface area contributed by atoms with Gasteiger partial charge in [-0.2, -0.15) is 0 Å². The molecular weight excluding hydrogens is 188 g/mol. The number of thiophene rings is 1. The van der Waals surface area contributed by atoms with E-state index in [1.165, 1.54) is 11.3 Å². The Balaban J connectivity index is 2.89. The number of thiol groups is 1. The molecule has 0 radical (unpaired) electrons. The van der Waals surface area contributed by atoms with Crippen molar-refractivity contribution >= 4 is 34.1 Å². The van der Waals surface area contributed by atoms with Gasteiger partial charge in [0, 0.05) is 0 Å². The fourth-order valence-corrected chi connectivity index (χ4v) is 2.48. The molecule has 0 bridgehead atoms. The van der Waals surface area contributed by atoms with Crippen molar-refractivity contribution in [1.82, 2.24) is 0 Å². The molecule has 1 N–H and O–H groups in total. The molecule has 62 valence electrons. The van der Waals surface area contributed by atoms with E-state index in [4.69, 9.17) is 0 Å². The quantitative estimate of drug-likeness (QED) is 0.620. The van der Waals surface area contributed by atoms with Crippen molar-refractivity contribution < 1.29 is 5.11 Å². The van der Waals surface area contributed by atoms with Gasteiger partial charge in [0.25, 0.3) is 0 Å². The zero-order chi connectivity index (χ0) is 8.72. The third-order valence-electron chi connectivity index (χ3n) is 1.85. The molecule has 2 aromatic rings. The van der Waals surface area contributed by atoms with E-state index in [2.05, 4.69) is 12.6 Å². The highest BCUT2D eigenvalue weighted by Gasteiger charge is 2.05. The van der Waals surface area contributed by atoms with Gasteiger partial charge >= 0.3 is 0 Å². The molecule has 0 aliphatic carbocycles. The van der Waals surface area contributed by atoms with Crippen LogP contribution in [0.5, 0.6) is 5.75 Å². The summed E-state index contributed by atoms with van der Waals surface area (Å²) in [5, 5.41) is 10.7. The molecule has 0 atom stereocenters. The highest BCUT2D eigenvalue weighted by Crippen LogP contribution is 2.36. The van der Waals surface area contributed by atoms with Crippen LogP contribution in [0.3, 0.4) is 0 Å². The molecule has 1 heterocycles. The number of phenolic OH excluding ortho intramolecular Hbond substituents is 1. The Labute approximate surface area is 80.1 Å². The van der Waals surface area contributed by atoms with E-state index in [1.807, 2.05) is 25.1 Å². The molecule has 12 heavy (non-hydrogen) atoms. The SMILES string of the molecule is Cc1ccc2cc(S)sc2c1O. The Morgan fingerprint density at radius 1 is 1.42 bits per heavy atom. The summed E-state index contributed by atoms with van der Waals surface area (Å²) in [7, 11) is 0. The number of rotatable bonds is 0. The third-order valence-corrected chi connectivity index (χ3v) is 3.21. The minimum absolute atomic E-state index is 0.387. The van der Waals surface area contributed by atoms with Gasteiger partial charge in [0.05, 0.1) is 8.91 Å². The van der Waals surface area contributed by atoms with E-state index in [0.717, 1.165) is 19.9 Å². The maximum absolute atomic E-state index is 9.65. The summed E-state index contributed by atoms with van der Waals surface area (Å²) < 4.78 is 1.87. The van der Waals surface area contributed by atoms with Crippen LogP contribution >= 0.6 is 24.0 Å². The fourth-order valence-electron chi connectivity index (χ4n) is 1.17. The molecule has 1 aromatic heterocycles. The topological polar surface area (TPSA) is 20.2 Å². The Bertz CT molecular complexity index is 431. The van der Waals surface area contributed by atoms with Crippen LogP contribution in [0, 0.1) is 6.92 Å². The maximum atomic E-state index is 9.65. The molecule has 0 aliphatic heterocycles. The molecule has 0 saturated carbocycles. The van der Waals surface area contributed by atoms with E-state index in [1.54, 1.807) is 0 Å². The molecule has 0 amide bonds. The zero-order valence-corrected chi connectivity index (χ0v) is 8.25. The number of hydrogen-bond donors (Lipinski definition) is 2. The molecule has 0 spiro atoms. The van der Waals surface area contributed by atoms with Crippen LogP contribution in [0.25, 0.3) is 10.1 Å². The summed E-state index contributed by atoms with van der Waals surface area (Å²) in [4.78, 5) is 0. The molecule has 0 unspecified atom stereocenters. The Hall–Kier alpha value is -0.670. The zero-order valence-electron chi connectivity index (χ0n) is 6.53. The lowest BCUT2D eigenvalue weighted by molar-refractivity contribution is 0.478. The van der Waals surface area contributed by atoms with Crippen LogP contribution in [-0.4, -0.2) is 5.11 Å². The smallest absolute Gasteiger partial charge is 0.136 e. The van der Waals surface area contributed by atoms with Gasteiger partial charge in [-0.1, -0.05) is 12.1 Å². The molecule has 3 heteroatoms. The van der Waals surface area contributed by atoms with Crippen molar-refractivity contribution in [3.05, 3.63) is 23.8 Å². The van der Waals surface area contributed by atoms with Gasteiger partial charge in [0.2, 0.25) is 0 Å². The van der Waals surface area contributed by atoms with E-state index in [0.29, 0.717) is 5.75 Å². The van der Waals surface area contributed by atoms with Crippen molar-refractivity contribution in [2.75, 3.05) is 0 Å². The average molecular weight is 196 g/mol.